The Morgan fingerprint density at radius 1 is 1.17 bits per heavy atom. The van der Waals surface area contributed by atoms with Gasteiger partial charge in [-0.15, -0.1) is 12.4 Å². The van der Waals surface area contributed by atoms with Gasteiger partial charge in [0.05, 0.1) is 19.3 Å². The van der Waals surface area contributed by atoms with Gasteiger partial charge >= 0.3 is 0 Å². The lowest BCUT2D eigenvalue weighted by atomic mass is 9.82. The van der Waals surface area contributed by atoms with Gasteiger partial charge in [-0.2, -0.15) is 0 Å². The fourth-order valence-electron chi connectivity index (χ4n) is 2.77. The number of methoxy groups -OCH3 is 2. The van der Waals surface area contributed by atoms with Gasteiger partial charge in [-0.05, 0) is 25.0 Å². The standard InChI is InChI=1S/C17H26N2O4.ClH/c1-21-10-11-23-15-12-13(6-7-14(15)22-2)19-16(20)17(18)8-4-3-5-9-17;/h6-7,12H,3-5,8-11,18H2,1-2H3,(H,19,20);1H. The van der Waals surface area contributed by atoms with Crippen LogP contribution in [0.1, 0.15) is 32.1 Å². The number of ether oxygens (including phenoxy) is 3. The predicted molar refractivity (Wildman–Crippen MR) is 96.2 cm³/mol. The number of benzene rings is 1. The van der Waals surface area contributed by atoms with Crippen LogP contribution in [0, 0.1) is 0 Å². The molecule has 2 rings (SSSR count). The van der Waals surface area contributed by atoms with Crippen molar-refractivity contribution in [1.82, 2.24) is 0 Å². The summed E-state index contributed by atoms with van der Waals surface area (Å²) in [5.74, 6) is 1.04. The topological polar surface area (TPSA) is 82.8 Å². The summed E-state index contributed by atoms with van der Waals surface area (Å²) in [5, 5.41) is 2.90. The highest BCUT2D eigenvalue weighted by molar-refractivity contribution is 5.98. The van der Waals surface area contributed by atoms with E-state index in [1.165, 1.54) is 0 Å². The fraction of sp³-hybridized carbons (Fsp3) is 0.588. The van der Waals surface area contributed by atoms with Crippen LogP contribution in [-0.2, 0) is 9.53 Å². The number of hydrogen-bond donors (Lipinski definition) is 2. The molecule has 0 atom stereocenters. The van der Waals surface area contributed by atoms with Crippen LogP contribution in [-0.4, -0.2) is 38.9 Å². The minimum Gasteiger partial charge on any atom is -0.493 e. The van der Waals surface area contributed by atoms with Crippen molar-refractivity contribution in [1.29, 1.82) is 0 Å². The molecule has 1 aromatic carbocycles. The molecular formula is C17H27ClN2O4. The summed E-state index contributed by atoms with van der Waals surface area (Å²) in [5.41, 5.74) is 6.14. The Balaban J connectivity index is 0.00000288. The minimum atomic E-state index is -0.769. The molecule has 7 heteroatoms. The minimum absolute atomic E-state index is 0. The van der Waals surface area contributed by atoms with Crippen LogP contribution in [0.2, 0.25) is 0 Å². The van der Waals surface area contributed by atoms with Crippen LogP contribution in [0.4, 0.5) is 5.69 Å². The maximum absolute atomic E-state index is 12.5. The molecule has 0 spiro atoms. The van der Waals surface area contributed by atoms with Crippen LogP contribution in [0.3, 0.4) is 0 Å². The first-order valence-electron chi connectivity index (χ1n) is 7.99. The second-order valence-electron chi connectivity index (χ2n) is 5.88. The highest BCUT2D eigenvalue weighted by Gasteiger charge is 2.35. The van der Waals surface area contributed by atoms with Crippen LogP contribution >= 0.6 is 12.4 Å². The van der Waals surface area contributed by atoms with E-state index in [9.17, 15) is 4.79 Å². The van der Waals surface area contributed by atoms with Crippen molar-refractivity contribution in [2.75, 3.05) is 32.8 Å². The molecule has 0 unspecified atom stereocenters. The third-order valence-electron chi connectivity index (χ3n) is 4.16. The van der Waals surface area contributed by atoms with Crippen molar-refractivity contribution in [2.24, 2.45) is 5.73 Å². The largest absolute Gasteiger partial charge is 0.493 e. The summed E-state index contributed by atoms with van der Waals surface area (Å²) in [4.78, 5) is 12.5. The number of halogens is 1. The van der Waals surface area contributed by atoms with Crippen LogP contribution in [0.15, 0.2) is 18.2 Å². The van der Waals surface area contributed by atoms with Crippen LogP contribution in [0.5, 0.6) is 11.5 Å². The molecule has 0 bridgehead atoms. The van der Waals surface area contributed by atoms with E-state index in [0.29, 0.717) is 30.4 Å². The van der Waals surface area contributed by atoms with E-state index in [2.05, 4.69) is 5.32 Å². The zero-order valence-electron chi connectivity index (χ0n) is 14.3. The number of carbonyl (C=O) groups is 1. The maximum atomic E-state index is 12.5. The molecule has 6 nitrogen and oxygen atoms in total. The Kier molecular flexibility index (Phi) is 8.31. The van der Waals surface area contributed by atoms with Gasteiger partial charge in [0.25, 0.3) is 0 Å². The fourth-order valence-corrected chi connectivity index (χ4v) is 2.77. The van der Waals surface area contributed by atoms with E-state index < -0.39 is 5.54 Å². The first kappa shape index (κ1) is 20.5. The number of rotatable bonds is 7. The molecule has 1 amide bonds. The number of hydrogen-bond acceptors (Lipinski definition) is 5. The maximum Gasteiger partial charge on any atom is 0.244 e. The molecule has 1 aliphatic rings. The van der Waals surface area contributed by atoms with E-state index in [4.69, 9.17) is 19.9 Å². The summed E-state index contributed by atoms with van der Waals surface area (Å²) < 4.78 is 15.9. The van der Waals surface area contributed by atoms with Crippen molar-refractivity contribution in [3.63, 3.8) is 0 Å². The van der Waals surface area contributed by atoms with Crippen molar-refractivity contribution in [2.45, 2.75) is 37.6 Å². The molecule has 0 saturated heterocycles. The van der Waals surface area contributed by atoms with E-state index >= 15 is 0 Å². The molecular weight excluding hydrogens is 332 g/mol. The number of amides is 1. The molecule has 0 radical (unpaired) electrons. The Morgan fingerprint density at radius 3 is 2.50 bits per heavy atom. The molecule has 1 fully saturated rings. The zero-order valence-corrected chi connectivity index (χ0v) is 15.1. The van der Waals surface area contributed by atoms with Crippen LogP contribution < -0.4 is 20.5 Å². The second kappa shape index (κ2) is 9.71. The van der Waals surface area contributed by atoms with Gasteiger partial charge in [0.2, 0.25) is 5.91 Å². The Labute approximate surface area is 149 Å². The first-order chi connectivity index (χ1) is 11.1. The lowest BCUT2D eigenvalue weighted by Crippen LogP contribution is -2.52. The summed E-state index contributed by atoms with van der Waals surface area (Å²) >= 11 is 0. The normalized spacial score (nSPS) is 16.0. The van der Waals surface area contributed by atoms with Gasteiger partial charge < -0.3 is 25.3 Å². The van der Waals surface area contributed by atoms with Gasteiger partial charge in [-0.3, -0.25) is 4.79 Å². The molecule has 1 aromatic rings. The van der Waals surface area contributed by atoms with Crippen molar-refractivity contribution in [3.05, 3.63) is 18.2 Å². The lowest BCUT2D eigenvalue weighted by Gasteiger charge is -2.31. The monoisotopic (exact) mass is 358 g/mol. The number of carbonyl (C=O) groups excluding carboxylic acids is 1. The second-order valence-corrected chi connectivity index (χ2v) is 5.88. The SMILES string of the molecule is COCCOc1cc(NC(=O)C2(N)CCCCC2)ccc1OC.Cl. The average Bonchev–Trinajstić information content (AvgIpc) is 2.56. The Morgan fingerprint density at radius 2 is 1.88 bits per heavy atom. The van der Waals surface area contributed by atoms with E-state index in [0.717, 1.165) is 32.1 Å². The van der Waals surface area contributed by atoms with Gasteiger partial charge in [-0.1, -0.05) is 19.3 Å². The molecule has 3 N–H and O–H groups in total. The molecule has 0 heterocycles. The molecule has 0 aliphatic heterocycles. The number of nitrogens with two attached hydrogens (primary N) is 1. The van der Waals surface area contributed by atoms with E-state index in [1.54, 1.807) is 32.4 Å². The summed E-state index contributed by atoms with van der Waals surface area (Å²) in [6, 6.07) is 5.30. The highest BCUT2D eigenvalue weighted by Crippen LogP contribution is 2.32. The van der Waals surface area contributed by atoms with Crippen molar-refractivity contribution < 1.29 is 19.0 Å². The number of nitrogens with one attached hydrogen (secondary N) is 1. The highest BCUT2D eigenvalue weighted by atomic mass is 35.5. The molecule has 0 aromatic heterocycles. The van der Waals surface area contributed by atoms with Crippen LogP contribution in [0.25, 0.3) is 0 Å². The summed E-state index contributed by atoms with van der Waals surface area (Å²) in [7, 11) is 3.19. The summed E-state index contributed by atoms with van der Waals surface area (Å²) in [6.45, 7) is 0.886. The predicted octanol–water partition coefficient (Wildman–Crippen LogP) is 2.74. The van der Waals surface area contributed by atoms with Gasteiger partial charge in [0.1, 0.15) is 6.61 Å². The third kappa shape index (κ3) is 5.26. The van der Waals surface area contributed by atoms with Gasteiger partial charge in [0.15, 0.2) is 11.5 Å². The van der Waals surface area contributed by atoms with E-state index in [-0.39, 0.29) is 18.3 Å². The van der Waals surface area contributed by atoms with Gasteiger partial charge in [0, 0.05) is 18.9 Å². The Hall–Kier alpha value is -1.50. The third-order valence-corrected chi connectivity index (χ3v) is 4.16. The molecule has 136 valence electrons. The smallest absolute Gasteiger partial charge is 0.244 e. The van der Waals surface area contributed by atoms with Crippen molar-refractivity contribution in [3.8, 4) is 11.5 Å². The zero-order chi connectivity index (χ0) is 16.7. The number of anilines is 1. The Bertz CT molecular complexity index is 533. The lowest BCUT2D eigenvalue weighted by molar-refractivity contribution is -0.122. The molecule has 24 heavy (non-hydrogen) atoms. The van der Waals surface area contributed by atoms with E-state index in [1.807, 2.05) is 0 Å². The average molecular weight is 359 g/mol. The molecule has 1 saturated carbocycles. The van der Waals surface area contributed by atoms with Gasteiger partial charge in [-0.25, -0.2) is 0 Å². The van der Waals surface area contributed by atoms with Crippen molar-refractivity contribution >= 4 is 24.0 Å². The summed E-state index contributed by atoms with van der Waals surface area (Å²) in [6.07, 6.45) is 4.60. The first-order valence-corrected chi connectivity index (χ1v) is 7.99. The quantitative estimate of drug-likeness (QED) is 0.732. The molecule has 1 aliphatic carbocycles.